The van der Waals surface area contributed by atoms with Crippen molar-refractivity contribution >= 4 is 21.8 Å². The highest BCUT2D eigenvalue weighted by molar-refractivity contribution is 7.90. The van der Waals surface area contributed by atoms with E-state index >= 15 is 0 Å². The zero-order valence-electron chi connectivity index (χ0n) is 13.7. The Bertz CT molecular complexity index is 510. The van der Waals surface area contributed by atoms with Crippen LogP contribution in [0.1, 0.15) is 40.0 Å². The fourth-order valence-corrected chi connectivity index (χ4v) is 2.69. The Balaban J connectivity index is 2.64. The van der Waals surface area contributed by atoms with Gasteiger partial charge in [-0.3, -0.25) is 9.69 Å². The number of hydrogen-bond donors (Lipinski definition) is 1. The molecule has 0 bridgehead atoms. The first kappa shape index (κ1) is 18.7. The molecule has 8 heteroatoms. The fourth-order valence-electron chi connectivity index (χ4n) is 2.22. The maximum atomic E-state index is 12.2. The van der Waals surface area contributed by atoms with Gasteiger partial charge in [-0.05, 0) is 40.0 Å². The Kier molecular flexibility index (Phi) is 6.22. The van der Waals surface area contributed by atoms with E-state index in [0.29, 0.717) is 13.0 Å². The average Bonchev–Trinajstić information content (AvgIpc) is 2.35. The number of likely N-dealkylation sites (tertiary alicyclic amines) is 1. The predicted octanol–water partition coefficient (Wildman–Crippen LogP) is 0.937. The van der Waals surface area contributed by atoms with E-state index < -0.39 is 27.6 Å². The van der Waals surface area contributed by atoms with Crippen LogP contribution in [0.2, 0.25) is 0 Å². The van der Waals surface area contributed by atoms with Gasteiger partial charge in [0.25, 0.3) is 0 Å². The molecule has 7 nitrogen and oxygen atoms in total. The fraction of sp³-hybridized carbons (Fsp3) is 0.857. The lowest BCUT2D eigenvalue weighted by atomic mass is 10.0. The molecule has 1 rings (SSSR count). The van der Waals surface area contributed by atoms with Crippen LogP contribution in [0.4, 0.5) is 4.79 Å². The van der Waals surface area contributed by atoms with Gasteiger partial charge < -0.3 is 10.1 Å². The summed E-state index contributed by atoms with van der Waals surface area (Å²) in [5.41, 5.74) is -0.619. The normalized spacial score (nSPS) is 19.6. The third kappa shape index (κ3) is 6.64. The average molecular weight is 334 g/mol. The lowest BCUT2D eigenvalue weighted by Gasteiger charge is -2.35. The molecule has 128 valence electrons. The van der Waals surface area contributed by atoms with Crippen LogP contribution >= 0.6 is 0 Å². The monoisotopic (exact) mass is 334 g/mol. The molecule has 1 N–H and O–H groups in total. The van der Waals surface area contributed by atoms with E-state index in [1.165, 1.54) is 4.90 Å². The van der Waals surface area contributed by atoms with Crippen molar-refractivity contribution in [2.75, 3.05) is 25.1 Å². The van der Waals surface area contributed by atoms with E-state index in [9.17, 15) is 18.0 Å². The second kappa shape index (κ2) is 7.30. The molecule has 22 heavy (non-hydrogen) atoms. The van der Waals surface area contributed by atoms with Crippen molar-refractivity contribution in [2.45, 2.75) is 51.7 Å². The van der Waals surface area contributed by atoms with Gasteiger partial charge in [-0.15, -0.1) is 0 Å². The van der Waals surface area contributed by atoms with Crippen molar-refractivity contribution in [1.29, 1.82) is 0 Å². The van der Waals surface area contributed by atoms with Crippen molar-refractivity contribution < 1.29 is 22.7 Å². The molecule has 0 aliphatic carbocycles. The van der Waals surface area contributed by atoms with Crippen molar-refractivity contribution in [3.8, 4) is 0 Å². The van der Waals surface area contributed by atoms with Crippen LogP contribution in [-0.4, -0.2) is 62.1 Å². The summed E-state index contributed by atoms with van der Waals surface area (Å²) in [7, 11) is -3.12. The Morgan fingerprint density at radius 2 is 1.91 bits per heavy atom. The maximum Gasteiger partial charge on any atom is 0.410 e. The van der Waals surface area contributed by atoms with Crippen LogP contribution in [0.5, 0.6) is 0 Å². The molecule has 0 radical (unpaired) electrons. The van der Waals surface area contributed by atoms with Crippen LogP contribution in [-0.2, 0) is 19.4 Å². The minimum absolute atomic E-state index is 0.0519. The highest BCUT2D eigenvalue weighted by atomic mass is 32.2. The van der Waals surface area contributed by atoms with E-state index in [1.807, 2.05) is 0 Å². The van der Waals surface area contributed by atoms with E-state index in [4.69, 9.17) is 4.74 Å². The van der Waals surface area contributed by atoms with Gasteiger partial charge in [0.1, 0.15) is 21.5 Å². The van der Waals surface area contributed by atoms with Gasteiger partial charge in [-0.1, -0.05) is 0 Å². The van der Waals surface area contributed by atoms with E-state index in [1.54, 1.807) is 20.8 Å². The molecule has 2 amide bonds. The summed E-state index contributed by atoms with van der Waals surface area (Å²) in [5.74, 6) is -0.438. The molecule has 1 aliphatic rings. The number of rotatable bonds is 4. The third-order valence-electron chi connectivity index (χ3n) is 3.21. The predicted molar refractivity (Wildman–Crippen MR) is 83.3 cm³/mol. The SMILES string of the molecule is CC(C)(C)OC(=O)N1CCCC[C@@H]1C(=O)NCCS(C)(=O)=O. The summed E-state index contributed by atoms with van der Waals surface area (Å²) in [5, 5.41) is 2.59. The quantitative estimate of drug-likeness (QED) is 0.826. The van der Waals surface area contributed by atoms with Gasteiger partial charge in [0.2, 0.25) is 5.91 Å². The molecule has 1 heterocycles. The van der Waals surface area contributed by atoms with Crippen molar-refractivity contribution in [2.24, 2.45) is 0 Å². The highest BCUT2D eigenvalue weighted by Gasteiger charge is 2.34. The zero-order chi connectivity index (χ0) is 17.0. The lowest BCUT2D eigenvalue weighted by Crippen LogP contribution is -2.53. The van der Waals surface area contributed by atoms with E-state index in [0.717, 1.165) is 19.1 Å². The van der Waals surface area contributed by atoms with Crippen molar-refractivity contribution in [3.63, 3.8) is 0 Å². The smallest absolute Gasteiger partial charge is 0.410 e. The number of nitrogens with one attached hydrogen (secondary N) is 1. The topological polar surface area (TPSA) is 92.8 Å². The van der Waals surface area contributed by atoms with Crippen molar-refractivity contribution in [1.82, 2.24) is 10.2 Å². The Hall–Kier alpha value is -1.31. The van der Waals surface area contributed by atoms with Crippen molar-refractivity contribution in [3.05, 3.63) is 0 Å². The summed E-state index contributed by atoms with van der Waals surface area (Å²) < 4.78 is 27.5. The number of amides is 2. The first-order valence-corrected chi connectivity index (χ1v) is 9.51. The molecule has 0 spiro atoms. The largest absolute Gasteiger partial charge is 0.444 e. The number of sulfone groups is 1. The number of nitrogens with zero attached hydrogens (tertiary/aromatic N) is 1. The molecule has 0 unspecified atom stereocenters. The number of ether oxygens (including phenoxy) is 1. The van der Waals surface area contributed by atoms with Gasteiger partial charge in [-0.25, -0.2) is 13.2 Å². The van der Waals surface area contributed by atoms with Gasteiger partial charge >= 0.3 is 6.09 Å². The number of piperidine rings is 1. The summed E-state index contributed by atoms with van der Waals surface area (Å²) in [6.07, 6.45) is 2.85. The van der Waals surface area contributed by atoms with Crippen LogP contribution in [0.15, 0.2) is 0 Å². The highest BCUT2D eigenvalue weighted by Crippen LogP contribution is 2.20. The van der Waals surface area contributed by atoms with E-state index in [2.05, 4.69) is 5.32 Å². The lowest BCUT2D eigenvalue weighted by molar-refractivity contribution is -0.127. The van der Waals surface area contributed by atoms with Gasteiger partial charge in [-0.2, -0.15) is 0 Å². The maximum absolute atomic E-state index is 12.2. The summed E-state index contributed by atoms with van der Waals surface area (Å²) >= 11 is 0. The number of carbonyl (C=O) groups is 2. The Morgan fingerprint density at radius 1 is 1.27 bits per heavy atom. The van der Waals surface area contributed by atoms with Crippen LogP contribution in [0.25, 0.3) is 0 Å². The molecule has 1 aliphatic heterocycles. The van der Waals surface area contributed by atoms with E-state index in [-0.39, 0.29) is 18.2 Å². The summed E-state index contributed by atoms with van der Waals surface area (Å²) in [6.45, 7) is 5.84. The zero-order valence-corrected chi connectivity index (χ0v) is 14.5. The minimum Gasteiger partial charge on any atom is -0.444 e. The standard InChI is InChI=1S/C14H26N2O5S/c1-14(2,3)21-13(18)16-9-6-5-7-11(16)12(17)15-8-10-22(4,19)20/h11H,5-10H2,1-4H3,(H,15,17)/t11-/m1/s1. The number of carbonyl (C=O) groups excluding carboxylic acids is 2. The molecule has 0 aromatic carbocycles. The molecule has 1 saturated heterocycles. The second-order valence-electron chi connectivity index (χ2n) is 6.61. The molecule has 1 atom stereocenters. The first-order valence-electron chi connectivity index (χ1n) is 7.45. The minimum atomic E-state index is -3.12. The van der Waals surface area contributed by atoms with Gasteiger partial charge in [0, 0.05) is 19.3 Å². The second-order valence-corrected chi connectivity index (χ2v) is 8.87. The Labute approximate surface area is 132 Å². The third-order valence-corrected chi connectivity index (χ3v) is 4.15. The molecule has 0 aromatic rings. The van der Waals surface area contributed by atoms with Crippen LogP contribution in [0.3, 0.4) is 0 Å². The van der Waals surface area contributed by atoms with Gasteiger partial charge in [0.05, 0.1) is 5.75 Å². The van der Waals surface area contributed by atoms with Crippen LogP contribution in [0, 0.1) is 0 Å². The van der Waals surface area contributed by atoms with Gasteiger partial charge in [0.15, 0.2) is 0 Å². The summed E-state index contributed by atoms with van der Waals surface area (Å²) in [6, 6.07) is -0.594. The molecule has 0 saturated carbocycles. The number of hydrogen-bond acceptors (Lipinski definition) is 5. The molecule has 0 aromatic heterocycles. The summed E-state index contributed by atoms with van der Waals surface area (Å²) in [4.78, 5) is 25.8. The molecular weight excluding hydrogens is 308 g/mol. The Morgan fingerprint density at radius 3 is 2.45 bits per heavy atom. The molecular formula is C14H26N2O5S. The molecule has 1 fully saturated rings. The van der Waals surface area contributed by atoms with Crippen LogP contribution < -0.4 is 5.32 Å². The first-order chi connectivity index (χ1) is 9.99.